The van der Waals surface area contributed by atoms with E-state index < -0.39 is 0 Å². The molecule has 1 heterocycles. The van der Waals surface area contributed by atoms with Crippen LogP contribution in [0.2, 0.25) is 0 Å². The molecule has 1 fully saturated rings. The maximum Gasteiger partial charge on any atom is 0.273 e. The summed E-state index contributed by atoms with van der Waals surface area (Å²) in [5.41, 5.74) is 7.29. The molecule has 1 aromatic heterocycles. The Morgan fingerprint density at radius 3 is 2.65 bits per heavy atom. The molecule has 0 radical (unpaired) electrons. The monoisotopic (exact) mass is 310 g/mol. The second kappa shape index (κ2) is 7.22. The minimum Gasteiger partial charge on any atom is -0.382 e. The largest absolute Gasteiger partial charge is 0.382 e. The van der Waals surface area contributed by atoms with Gasteiger partial charge in [-0.05, 0) is 30.7 Å². The van der Waals surface area contributed by atoms with E-state index in [2.05, 4.69) is 39.6 Å². The second-order valence-corrected chi connectivity index (χ2v) is 6.10. The number of rotatable bonds is 4. The van der Waals surface area contributed by atoms with Crippen LogP contribution < -0.4 is 11.1 Å². The number of anilines is 1. The maximum atomic E-state index is 12.4. The minimum absolute atomic E-state index is 0.165. The molecule has 120 valence electrons. The molecular formula is C18H22N4O. The standard InChI is InChI=1S/C18H22N4O/c19-17-16(20-10-11-21-17)18(23)22-15-9-5-4-8-14(15)12-13-6-2-1-3-7-13/h1-3,6-7,10-11,14-15H,4-5,8-9,12H2,(H2,19,21)(H,22,23)/t14-,15-/m1/s1. The molecule has 1 amide bonds. The number of amides is 1. The van der Waals surface area contributed by atoms with E-state index in [1.165, 1.54) is 24.4 Å². The van der Waals surface area contributed by atoms with Crippen LogP contribution in [0.5, 0.6) is 0 Å². The van der Waals surface area contributed by atoms with Crippen LogP contribution in [-0.2, 0) is 6.42 Å². The van der Waals surface area contributed by atoms with Crippen LogP contribution >= 0.6 is 0 Å². The highest BCUT2D eigenvalue weighted by molar-refractivity contribution is 5.96. The average Bonchev–Trinajstić information content (AvgIpc) is 2.58. The van der Waals surface area contributed by atoms with Crippen LogP contribution in [0.1, 0.15) is 41.7 Å². The molecule has 0 unspecified atom stereocenters. The van der Waals surface area contributed by atoms with Crippen molar-refractivity contribution in [3.05, 3.63) is 54.0 Å². The second-order valence-electron chi connectivity index (χ2n) is 6.10. The zero-order valence-corrected chi connectivity index (χ0v) is 13.1. The van der Waals surface area contributed by atoms with Crippen LogP contribution in [0.15, 0.2) is 42.7 Å². The Kier molecular flexibility index (Phi) is 4.86. The Balaban J connectivity index is 1.69. The van der Waals surface area contributed by atoms with E-state index in [4.69, 9.17) is 5.73 Å². The first kappa shape index (κ1) is 15.5. The summed E-state index contributed by atoms with van der Waals surface area (Å²) in [7, 11) is 0. The lowest BCUT2D eigenvalue weighted by Gasteiger charge is -2.32. The number of nitrogens with zero attached hydrogens (tertiary/aromatic N) is 2. The van der Waals surface area contributed by atoms with E-state index in [-0.39, 0.29) is 23.5 Å². The van der Waals surface area contributed by atoms with E-state index in [0.717, 1.165) is 25.7 Å². The topological polar surface area (TPSA) is 80.9 Å². The number of benzene rings is 1. The molecule has 2 atom stereocenters. The molecule has 1 aliphatic rings. The van der Waals surface area contributed by atoms with Crippen molar-refractivity contribution in [2.24, 2.45) is 5.92 Å². The Morgan fingerprint density at radius 1 is 1.13 bits per heavy atom. The van der Waals surface area contributed by atoms with Crippen molar-refractivity contribution in [1.29, 1.82) is 0 Å². The average molecular weight is 310 g/mol. The lowest BCUT2D eigenvalue weighted by Crippen LogP contribution is -2.43. The van der Waals surface area contributed by atoms with Crippen molar-refractivity contribution in [1.82, 2.24) is 15.3 Å². The molecule has 0 bridgehead atoms. The maximum absolute atomic E-state index is 12.4. The summed E-state index contributed by atoms with van der Waals surface area (Å²) in [5, 5.41) is 3.12. The van der Waals surface area contributed by atoms with Crippen molar-refractivity contribution in [3.63, 3.8) is 0 Å². The van der Waals surface area contributed by atoms with E-state index in [1.54, 1.807) is 0 Å². The van der Waals surface area contributed by atoms with Crippen LogP contribution in [-0.4, -0.2) is 21.9 Å². The molecule has 1 saturated carbocycles. The molecule has 0 spiro atoms. The van der Waals surface area contributed by atoms with Gasteiger partial charge < -0.3 is 11.1 Å². The fourth-order valence-corrected chi connectivity index (χ4v) is 3.32. The number of carbonyl (C=O) groups is 1. The SMILES string of the molecule is Nc1nccnc1C(=O)N[C@@H]1CCCC[C@@H]1Cc1ccccc1. The van der Waals surface area contributed by atoms with Crippen LogP contribution in [0, 0.1) is 5.92 Å². The van der Waals surface area contributed by atoms with Gasteiger partial charge >= 0.3 is 0 Å². The van der Waals surface area contributed by atoms with Crippen molar-refractivity contribution in [2.75, 3.05) is 5.73 Å². The number of aromatic nitrogens is 2. The van der Waals surface area contributed by atoms with Gasteiger partial charge in [0.1, 0.15) is 0 Å². The zero-order valence-electron chi connectivity index (χ0n) is 13.1. The highest BCUT2D eigenvalue weighted by Gasteiger charge is 2.27. The van der Waals surface area contributed by atoms with E-state index in [9.17, 15) is 4.79 Å². The highest BCUT2D eigenvalue weighted by Crippen LogP contribution is 2.28. The molecule has 1 aromatic carbocycles. The van der Waals surface area contributed by atoms with Crippen molar-refractivity contribution in [2.45, 2.75) is 38.1 Å². The van der Waals surface area contributed by atoms with Gasteiger partial charge in [-0.1, -0.05) is 43.2 Å². The van der Waals surface area contributed by atoms with Crippen molar-refractivity contribution in [3.8, 4) is 0 Å². The number of nitrogen functional groups attached to an aromatic ring is 1. The Bertz CT molecular complexity index is 659. The lowest BCUT2D eigenvalue weighted by atomic mass is 9.80. The van der Waals surface area contributed by atoms with Crippen LogP contribution in [0.25, 0.3) is 0 Å². The summed E-state index contributed by atoms with van der Waals surface area (Å²) >= 11 is 0. The van der Waals surface area contributed by atoms with E-state index in [1.807, 2.05) is 6.07 Å². The molecular weight excluding hydrogens is 288 g/mol. The normalized spacial score (nSPS) is 20.9. The fourth-order valence-electron chi connectivity index (χ4n) is 3.32. The Labute approximate surface area is 136 Å². The van der Waals surface area contributed by atoms with Gasteiger partial charge in [0, 0.05) is 18.4 Å². The van der Waals surface area contributed by atoms with Crippen molar-refractivity contribution < 1.29 is 4.79 Å². The molecule has 3 rings (SSSR count). The first-order chi connectivity index (χ1) is 11.2. The molecule has 1 aliphatic carbocycles. The summed E-state index contributed by atoms with van der Waals surface area (Å²) in [5.74, 6) is 0.411. The van der Waals surface area contributed by atoms with Crippen LogP contribution in [0.4, 0.5) is 5.82 Å². The first-order valence-corrected chi connectivity index (χ1v) is 8.15. The molecule has 23 heavy (non-hydrogen) atoms. The predicted molar refractivity (Wildman–Crippen MR) is 89.8 cm³/mol. The molecule has 0 aliphatic heterocycles. The lowest BCUT2D eigenvalue weighted by molar-refractivity contribution is 0.0901. The highest BCUT2D eigenvalue weighted by atomic mass is 16.2. The third-order valence-corrected chi connectivity index (χ3v) is 4.51. The van der Waals surface area contributed by atoms with Gasteiger partial charge in [0.05, 0.1) is 0 Å². The number of carbonyl (C=O) groups excluding carboxylic acids is 1. The quantitative estimate of drug-likeness (QED) is 0.909. The summed E-state index contributed by atoms with van der Waals surface area (Å²) in [4.78, 5) is 20.4. The third kappa shape index (κ3) is 3.86. The number of nitrogens with two attached hydrogens (primary N) is 1. The van der Waals surface area contributed by atoms with E-state index >= 15 is 0 Å². The predicted octanol–water partition coefficient (Wildman–Crippen LogP) is 2.59. The Hall–Kier alpha value is -2.43. The Morgan fingerprint density at radius 2 is 1.87 bits per heavy atom. The van der Waals surface area contributed by atoms with Gasteiger partial charge in [0.25, 0.3) is 5.91 Å². The van der Waals surface area contributed by atoms with Gasteiger partial charge in [-0.15, -0.1) is 0 Å². The van der Waals surface area contributed by atoms with Gasteiger partial charge in [-0.25, -0.2) is 9.97 Å². The molecule has 5 nitrogen and oxygen atoms in total. The minimum atomic E-state index is -0.222. The van der Waals surface area contributed by atoms with Gasteiger partial charge in [0.15, 0.2) is 11.5 Å². The summed E-state index contributed by atoms with van der Waals surface area (Å²) in [6.45, 7) is 0. The van der Waals surface area contributed by atoms with Gasteiger partial charge in [0.2, 0.25) is 0 Å². The van der Waals surface area contributed by atoms with E-state index in [0.29, 0.717) is 5.92 Å². The zero-order chi connectivity index (χ0) is 16.1. The summed E-state index contributed by atoms with van der Waals surface area (Å²) in [6.07, 6.45) is 8.47. The first-order valence-electron chi connectivity index (χ1n) is 8.15. The molecule has 3 N–H and O–H groups in total. The smallest absolute Gasteiger partial charge is 0.273 e. The van der Waals surface area contributed by atoms with Gasteiger partial charge in [-0.2, -0.15) is 0 Å². The molecule has 2 aromatic rings. The number of hydrogen-bond acceptors (Lipinski definition) is 4. The number of hydrogen-bond donors (Lipinski definition) is 2. The van der Waals surface area contributed by atoms with Crippen LogP contribution in [0.3, 0.4) is 0 Å². The van der Waals surface area contributed by atoms with Crippen molar-refractivity contribution >= 4 is 11.7 Å². The molecule has 5 heteroatoms. The third-order valence-electron chi connectivity index (χ3n) is 4.51. The molecule has 0 saturated heterocycles. The number of nitrogens with one attached hydrogen (secondary N) is 1. The summed E-state index contributed by atoms with van der Waals surface area (Å²) in [6, 6.07) is 10.6. The van der Waals surface area contributed by atoms with Gasteiger partial charge in [-0.3, -0.25) is 4.79 Å². The summed E-state index contributed by atoms with van der Waals surface area (Å²) < 4.78 is 0. The fraction of sp³-hybridized carbons (Fsp3) is 0.389.